The summed E-state index contributed by atoms with van der Waals surface area (Å²) in [4.78, 5) is 36.8. The van der Waals surface area contributed by atoms with E-state index in [2.05, 4.69) is 10.6 Å². The maximum atomic E-state index is 12.7. The van der Waals surface area contributed by atoms with E-state index in [1.807, 2.05) is 0 Å². The van der Waals surface area contributed by atoms with Crippen LogP contribution >= 0.6 is 0 Å². The number of hydrogen-bond donors (Lipinski definition) is 14. The van der Waals surface area contributed by atoms with Crippen molar-refractivity contribution in [2.45, 2.75) is 155 Å². The number of carbonyl (C=O) groups excluding carboxylic acids is 3. The van der Waals surface area contributed by atoms with Gasteiger partial charge in [-0.2, -0.15) is 0 Å². The van der Waals surface area contributed by atoms with Crippen LogP contribution in [0.2, 0.25) is 0 Å². The van der Waals surface area contributed by atoms with Gasteiger partial charge in [0.15, 0.2) is 18.9 Å². The van der Waals surface area contributed by atoms with Crippen molar-refractivity contribution >= 4 is 17.8 Å². The van der Waals surface area contributed by atoms with E-state index >= 15 is 0 Å². The number of aliphatic hydroxyl groups excluding tert-OH is 12. The first-order valence-electron chi connectivity index (χ1n) is 17.6. The molecule has 25 nitrogen and oxygen atoms in total. The van der Waals surface area contributed by atoms with Gasteiger partial charge in [-0.3, -0.25) is 9.59 Å². The molecule has 4 fully saturated rings. The van der Waals surface area contributed by atoms with Crippen LogP contribution in [0.5, 0.6) is 0 Å². The van der Waals surface area contributed by atoms with E-state index in [1.54, 1.807) is 0 Å². The van der Waals surface area contributed by atoms with Crippen LogP contribution in [-0.4, -0.2) is 227 Å². The molecule has 0 spiro atoms. The molecule has 4 saturated heterocycles. The Morgan fingerprint density at radius 3 is 1.88 bits per heavy atom. The smallest absolute Gasteiger partial charge is 0.217 e. The number of amides is 2. The molecule has 14 N–H and O–H groups in total. The summed E-state index contributed by atoms with van der Waals surface area (Å²) >= 11 is 0. The molecule has 0 aromatic rings. The number of aliphatic hydroxyl groups is 12. The van der Waals surface area contributed by atoms with Gasteiger partial charge >= 0.3 is 0 Å². The van der Waals surface area contributed by atoms with Crippen LogP contribution < -0.4 is 15.7 Å². The molecule has 4 aliphatic heterocycles. The van der Waals surface area contributed by atoms with E-state index in [-0.39, 0.29) is 0 Å². The molecule has 4 heterocycles. The summed E-state index contributed by atoms with van der Waals surface area (Å²) in [5.74, 6) is -7.07. The van der Waals surface area contributed by atoms with Gasteiger partial charge in [0.2, 0.25) is 17.6 Å². The zero-order valence-electron chi connectivity index (χ0n) is 30.2. The molecular weight excluding hydrogens is 768 g/mol. The first kappa shape index (κ1) is 46.3. The second-order valence-corrected chi connectivity index (χ2v) is 14.0. The van der Waals surface area contributed by atoms with Crippen molar-refractivity contribution in [3.8, 4) is 0 Å². The molecular formula is C31H51N2O23-. The fourth-order valence-corrected chi connectivity index (χ4v) is 6.98. The van der Waals surface area contributed by atoms with Crippen LogP contribution in [0.3, 0.4) is 0 Å². The molecule has 0 bridgehead atoms. The second kappa shape index (κ2) is 19.1. The lowest BCUT2D eigenvalue weighted by atomic mass is 9.88. The van der Waals surface area contributed by atoms with Crippen molar-refractivity contribution in [3.05, 3.63) is 0 Å². The van der Waals surface area contributed by atoms with E-state index in [9.17, 15) is 80.8 Å². The first-order chi connectivity index (χ1) is 26.2. The lowest BCUT2D eigenvalue weighted by Gasteiger charge is -2.52. The molecule has 4 aliphatic rings. The zero-order chi connectivity index (χ0) is 42.0. The maximum absolute atomic E-state index is 12.7. The number of carboxylic acids is 1. The Balaban J connectivity index is 1.71. The quantitative estimate of drug-likeness (QED) is 0.0773. The molecule has 4 rings (SSSR count). The Labute approximate surface area is 317 Å². The molecule has 25 heteroatoms. The fourth-order valence-electron chi connectivity index (χ4n) is 6.98. The number of ether oxygens (including phenoxy) is 7. The number of hydrogen-bond acceptors (Lipinski definition) is 23. The predicted octanol–water partition coefficient (Wildman–Crippen LogP) is -10.6. The molecule has 0 aromatic carbocycles. The van der Waals surface area contributed by atoms with Gasteiger partial charge in [0, 0.05) is 20.3 Å². The van der Waals surface area contributed by atoms with E-state index in [1.165, 1.54) is 6.92 Å². The van der Waals surface area contributed by atoms with Crippen molar-refractivity contribution in [2.75, 3.05) is 19.8 Å². The largest absolute Gasteiger partial charge is 0.544 e. The minimum absolute atomic E-state index is 0.773. The number of nitrogens with one attached hydrogen (secondary N) is 2. The van der Waals surface area contributed by atoms with Gasteiger partial charge in [-0.05, 0) is 6.92 Å². The highest BCUT2D eigenvalue weighted by atomic mass is 16.8. The Morgan fingerprint density at radius 2 is 1.32 bits per heavy atom. The highest BCUT2D eigenvalue weighted by Gasteiger charge is 2.58. The summed E-state index contributed by atoms with van der Waals surface area (Å²) in [6.45, 7) is 0.221. The van der Waals surface area contributed by atoms with Crippen LogP contribution in [-0.2, 0) is 47.5 Å². The third-order valence-electron chi connectivity index (χ3n) is 9.93. The highest BCUT2D eigenvalue weighted by molar-refractivity contribution is 5.75. The number of carboxylic acid groups (broad SMARTS) is 1. The van der Waals surface area contributed by atoms with Crippen molar-refractivity contribution in [1.82, 2.24) is 10.6 Å². The number of carbonyl (C=O) groups is 3. The van der Waals surface area contributed by atoms with Crippen molar-refractivity contribution < 1.29 is 114 Å². The minimum atomic E-state index is -3.23. The van der Waals surface area contributed by atoms with Crippen LogP contribution in [0.25, 0.3) is 0 Å². The van der Waals surface area contributed by atoms with Gasteiger partial charge in [-0.15, -0.1) is 0 Å². The molecule has 1 unspecified atom stereocenters. The summed E-state index contributed by atoms with van der Waals surface area (Å²) in [6.07, 6.45) is -35.5. The van der Waals surface area contributed by atoms with Crippen LogP contribution in [0.15, 0.2) is 0 Å². The monoisotopic (exact) mass is 819 g/mol. The van der Waals surface area contributed by atoms with Gasteiger partial charge in [-0.1, -0.05) is 0 Å². The Morgan fingerprint density at radius 1 is 0.750 bits per heavy atom. The van der Waals surface area contributed by atoms with Crippen LogP contribution in [0.4, 0.5) is 0 Å². The normalized spacial score (nSPS) is 45.7. The average molecular weight is 820 g/mol. The van der Waals surface area contributed by atoms with E-state index in [0.717, 1.165) is 13.8 Å². The maximum Gasteiger partial charge on any atom is 0.217 e. The summed E-state index contributed by atoms with van der Waals surface area (Å²) in [6, 6.07) is -3.26. The second-order valence-electron chi connectivity index (χ2n) is 14.0. The van der Waals surface area contributed by atoms with Gasteiger partial charge in [0.25, 0.3) is 0 Å². The van der Waals surface area contributed by atoms with E-state index in [0.29, 0.717) is 0 Å². The van der Waals surface area contributed by atoms with Crippen LogP contribution in [0, 0.1) is 0 Å². The molecule has 56 heavy (non-hydrogen) atoms. The fraction of sp³-hybridized carbons (Fsp3) is 0.903. The standard InChI is InChI=1S/C31H52N2O23/c1-8-17(41)20(44)21(45)28(50-8)54-25-16(33-10(3)38)27(47)51-14(7-36)23(25)53-29-22(46)26(19(43)13(6-35)52-29)56-31(30(48)49)4-11(39)15(32-9(2)37)24(55-31)18(42)12(40)5-34/h8,11-29,34-36,39-47H,4-7H2,1-3H3,(H,32,37)(H,33,38)(H,48,49)/p-1/t8-,11-,12+,13+,14+,15+,16+,17+,18+,19-,20+,21-,22+,23+,24+,25+,26-,27?,28-,29-,31-/m0/s1. The summed E-state index contributed by atoms with van der Waals surface area (Å²) in [5, 5.41) is 144. The highest BCUT2D eigenvalue weighted by Crippen LogP contribution is 2.38. The van der Waals surface area contributed by atoms with Gasteiger partial charge in [-0.25, -0.2) is 0 Å². The summed E-state index contributed by atoms with van der Waals surface area (Å²) in [7, 11) is 0. The Bertz CT molecular complexity index is 1330. The molecule has 0 aliphatic carbocycles. The Hall–Kier alpha value is -2.35. The first-order valence-corrected chi connectivity index (χ1v) is 17.6. The Kier molecular flexibility index (Phi) is 15.8. The topological polar surface area (TPSA) is 406 Å². The average Bonchev–Trinajstić information content (AvgIpc) is 3.14. The third kappa shape index (κ3) is 9.74. The van der Waals surface area contributed by atoms with Crippen molar-refractivity contribution in [2.24, 2.45) is 0 Å². The van der Waals surface area contributed by atoms with Gasteiger partial charge < -0.3 is 115 Å². The predicted molar refractivity (Wildman–Crippen MR) is 170 cm³/mol. The van der Waals surface area contributed by atoms with Gasteiger partial charge in [0.1, 0.15) is 91.4 Å². The van der Waals surface area contributed by atoms with Crippen LogP contribution in [0.1, 0.15) is 27.2 Å². The van der Waals surface area contributed by atoms with Crippen molar-refractivity contribution in [3.63, 3.8) is 0 Å². The molecule has 0 aromatic heterocycles. The lowest BCUT2D eigenvalue weighted by Crippen LogP contribution is -2.72. The third-order valence-corrected chi connectivity index (χ3v) is 9.93. The lowest BCUT2D eigenvalue weighted by molar-refractivity contribution is -0.412. The molecule has 21 atom stereocenters. The molecule has 0 saturated carbocycles. The molecule has 2 amide bonds. The zero-order valence-corrected chi connectivity index (χ0v) is 30.2. The summed E-state index contributed by atoms with van der Waals surface area (Å²) < 4.78 is 39.5. The molecule has 0 radical (unpaired) electrons. The van der Waals surface area contributed by atoms with Gasteiger partial charge in [0.05, 0.1) is 38.1 Å². The minimum Gasteiger partial charge on any atom is -0.544 e. The SMILES string of the molecule is CC(=O)N[C@H]1[C@H]([C@H](O)[C@H](O)CO)O[C@@](O[C@H]2[C@@H](O)[C@@H](CO)O[C@@H](O[C@H]3[C@H](O[C@@H]4O[C@@H](C)[C@@H](O)[C@@H](O)[C@@H]4O)[C@@H](NC(C)=O)C(O)O[C@@H]3CO)[C@@H]2O)(C(=O)[O-])C[C@@H]1O. The molecule has 324 valence electrons. The number of aliphatic carboxylic acids is 1. The van der Waals surface area contributed by atoms with E-state index < -0.39 is 172 Å². The van der Waals surface area contributed by atoms with E-state index in [4.69, 9.17) is 33.2 Å². The summed E-state index contributed by atoms with van der Waals surface area (Å²) in [5.41, 5.74) is 0. The van der Waals surface area contributed by atoms with Crippen molar-refractivity contribution in [1.29, 1.82) is 0 Å². The number of rotatable bonds is 14.